The molecule has 1 aromatic rings. The maximum atomic E-state index is 8.46. The molecule has 4 nitrogen and oxygen atoms in total. The number of alkyl halides is 1. The lowest BCUT2D eigenvalue weighted by Gasteiger charge is -2.21. The van der Waals surface area contributed by atoms with Gasteiger partial charge in [0.2, 0.25) is 0 Å². The van der Waals surface area contributed by atoms with E-state index in [1.54, 1.807) is 0 Å². The molecule has 2 heterocycles. The third-order valence-electron chi connectivity index (χ3n) is 3.01. The van der Waals surface area contributed by atoms with Crippen molar-refractivity contribution in [3.8, 4) is 0 Å². The molecule has 1 aromatic carbocycles. The highest BCUT2D eigenvalue weighted by molar-refractivity contribution is 6.22. The van der Waals surface area contributed by atoms with Crippen molar-refractivity contribution >= 4 is 11.6 Å². The van der Waals surface area contributed by atoms with Gasteiger partial charge in [0.25, 0.3) is 0 Å². The summed E-state index contributed by atoms with van der Waals surface area (Å²) in [6, 6.07) is 7.66. The largest absolute Gasteiger partial charge is 0.364 e. The van der Waals surface area contributed by atoms with Crippen molar-refractivity contribution in [2.45, 2.75) is 23.6 Å². The van der Waals surface area contributed by atoms with E-state index in [2.05, 4.69) is 10.0 Å². The Labute approximate surface area is 91.4 Å². The first-order valence-corrected chi connectivity index (χ1v) is 5.19. The molecule has 5 heteroatoms. The molecule has 76 valence electrons. The highest BCUT2D eigenvalue weighted by Crippen LogP contribution is 2.53. The zero-order valence-corrected chi connectivity index (χ0v) is 8.50. The lowest BCUT2D eigenvalue weighted by Crippen LogP contribution is -2.25. The molecule has 0 aromatic heterocycles. The fourth-order valence-corrected chi connectivity index (χ4v) is 2.75. The standard InChI is InChI=1S/C10H8ClN3O/c11-7-8(13-14-12)10-6-4-2-1-3-5(6)9(7)15-10/h1-4,7-10H/t7?,8?,9-,10-/m0/s1. The Kier molecular flexibility index (Phi) is 1.89. The monoisotopic (exact) mass is 221 g/mol. The molecule has 0 radical (unpaired) electrons. The first-order chi connectivity index (χ1) is 7.33. The molecule has 1 saturated heterocycles. The number of nitrogens with zero attached hydrogens (tertiary/aromatic N) is 3. The van der Waals surface area contributed by atoms with Gasteiger partial charge in [-0.25, -0.2) is 0 Å². The summed E-state index contributed by atoms with van der Waals surface area (Å²) in [7, 11) is 0. The summed E-state index contributed by atoms with van der Waals surface area (Å²) in [4.78, 5) is 2.82. The van der Waals surface area contributed by atoms with Gasteiger partial charge in [0, 0.05) is 4.91 Å². The quantitative estimate of drug-likeness (QED) is 0.311. The maximum absolute atomic E-state index is 8.46. The van der Waals surface area contributed by atoms with E-state index >= 15 is 0 Å². The second kappa shape index (κ2) is 3.14. The van der Waals surface area contributed by atoms with Gasteiger partial charge in [0.05, 0.1) is 17.5 Å². The van der Waals surface area contributed by atoms with E-state index in [0.717, 1.165) is 11.1 Å². The average molecular weight is 222 g/mol. The Hall–Kier alpha value is -1.22. The molecule has 2 aliphatic heterocycles. The van der Waals surface area contributed by atoms with Crippen molar-refractivity contribution in [3.63, 3.8) is 0 Å². The number of rotatable bonds is 1. The van der Waals surface area contributed by atoms with E-state index < -0.39 is 0 Å². The second-order valence-electron chi connectivity index (χ2n) is 3.75. The number of benzene rings is 1. The van der Waals surface area contributed by atoms with Gasteiger partial charge in [0.15, 0.2) is 0 Å². The van der Waals surface area contributed by atoms with Crippen LogP contribution < -0.4 is 0 Å². The van der Waals surface area contributed by atoms with E-state index in [9.17, 15) is 0 Å². The summed E-state index contributed by atoms with van der Waals surface area (Å²) in [5.74, 6) is 0. The van der Waals surface area contributed by atoms with E-state index in [-0.39, 0.29) is 23.6 Å². The minimum Gasteiger partial charge on any atom is -0.364 e. The number of halogens is 1. The SMILES string of the molecule is [N-]=[N+]=NC1C(Cl)[C@H]2O[C@H]1c1ccccc12. The van der Waals surface area contributed by atoms with Gasteiger partial charge in [-0.2, -0.15) is 0 Å². The lowest BCUT2D eigenvalue weighted by molar-refractivity contribution is 0.0686. The first kappa shape index (κ1) is 9.04. The van der Waals surface area contributed by atoms with Crippen molar-refractivity contribution in [1.29, 1.82) is 0 Å². The van der Waals surface area contributed by atoms with Gasteiger partial charge in [0.1, 0.15) is 6.10 Å². The van der Waals surface area contributed by atoms with Gasteiger partial charge < -0.3 is 4.74 Å². The molecule has 0 aliphatic carbocycles. The third kappa shape index (κ3) is 1.10. The first-order valence-electron chi connectivity index (χ1n) is 4.75. The Morgan fingerprint density at radius 3 is 2.60 bits per heavy atom. The Balaban J connectivity index is 2.10. The number of ether oxygens (including phenoxy) is 1. The molecule has 0 spiro atoms. The van der Waals surface area contributed by atoms with Crippen LogP contribution in [0.4, 0.5) is 0 Å². The lowest BCUT2D eigenvalue weighted by atomic mass is 9.88. The minimum atomic E-state index is -0.281. The van der Waals surface area contributed by atoms with Crippen LogP contribution >= 0.6 is 11.6 Å². The summed E-state index contributed by atoms with van der Waals surface area (Å²) < 4.78 is 5.72. The molecule has 0 saturated carbocycles. The number of hydrogen-bond donors (Lipinski definition) is 0. The third-order valence-corrected chi connectivity index (χ3v) is 3.50. The van der Waals surface area contributed by atoms with Crippen LogP contribution in [-0.4, -0.2) is 11.4 Å². The van der Waals surface area contributed by atoms with Crippen molar-refractivity contribution < 1.29 is 4.74 Å². The van der Waals surface area contributed by atoms with Crippen molar-refractivity contribution in [1.82, 2.24) is 0 Å². The summed E-state index contributed by atoms with van der Waals surface area (Å²) in [6.07, 6.45) is -0.284. The summed E-state index contributed by atoms with van der Waals surface area (Å²) >= 11 is 6.19. The van der Waals surface area contributed by atoms with E-state index in [1.807, 2.05) is 24.3 Å². The van der Waals surface area contributed by atoms with Crippen molar-refractivity contribution in [2.75, 3.05) is 0 Å². The van der Waals surface area contributed by atoms with Crippen LogP contribution in [0.1, 0.15) is 23.3 Å². The Bertz CT molecular complexity index is 458. The van der Waals surface area contributed by atoms with Crippen LogP contribution in [0.3, 0.4) is 0 Å². The highest BCUT2D eigenvalue weighted by atomic mass is 35.5. The van der Waals surface area contributed by atoms with Crippen molar-refractivity contribution in [3.05, 3.63) is 45.8 Å². The molecule has 4 atom stereocenters. The highest BCUT2D eigenvalue weighted by Gasteiger charge is 2.51. The number of azide groups is 1. The smallest absolute Gasteiger partial charge is 0.101 e. The predicted molar refractivity (Wildman–Crippen MR) is 55.6 cm³/mol. The number of fused-ring (bicyclic) bond motifs is 5. The topological polar surface area (TPSA) is 58.0 Å². The fourth-order valence-electron chi connectivity index (χ4n) is 2.37. The van der Waals surface area contributed by atoms with E-state index in [0.29, 0.717) is 0 Å². The summed E-state index contributed by atoms with van der Waals surface area (Å²) in [6.45, 7) is 0. The molecule has 3 rings (SSSR count). The van der Waals surface area contributed by atoms with Crippen LogP contribution in [0.5, 0.6) is 0 Å². The molecule has 0 N–H and O–H groups in total. The summed E-state index contributed by atoms with van der Waals surface area (Å²) in [5.41, 5.74) is 10.7. The molecule has 2 bridgehead atoms. The van der Waals surface area contributed by atoms with Gasteiger partial charge in [-0.3, -0.25) is 0 Å². The Morgan fingerprint density at radius 1 is 1.27 bits per heavy atom. The molecule has 15 heavy (non-hydrogen) atoms. The van der Waals surface area contributed by atoms with Crippen LogP contribution in [0, 0.1) is 0 Å². The van der Waals surface area contributed by atoms with Gasteiger partial charge in [-0.15, -0.1) is 11.6 Å². The van der Waals surface area contributed by atoms with E-state index in [4.69, 9.17) is 21.9 Å². The van der Waals surface area contributed by atoms with E-state index in [1.165, 1.54) is 0 Å². The van der Waals surface area contributed by atoms with Crippen LogP contribution in [-0.2, 0) is 4.74 Å². The van der Waals surface area contributed by atoms with Gasteiger partial charge >= 0.3 is 0 Å². The zero-order valence-electron chi connectivity index (χ0n) is 7.75. The summed E-state index contributed by atoms with van der Waals surface area (Å²) in [5, 5.41) is 3.46. The molecule has 0 amide bonds. The zero-order chi connectivity index (χ0) is 10.4. The maximum Gasteiger partial charge on any atom is 0.101 e. The molecular weight excluding hydrogens is 214 g/mol. The molecular formula is C10H8ClN3O. The van der Waals surface area contributed by atoms with Crippen LogP contribution in [0.2, 0.25) is 0 Å². The normalized spacial score (nSPS) is 36.1. The molecule has 2 aliphatic rings. The van der Waals surface area contributed by atoms with Crippen LogP contribution in [0.15, 0.2) is 29.4 Å². The minimum absolute atomic E-state index is 0.122. The molecule has 2 unspecified atom stereocenters. The average Bonchev–Trinajstić information content (AvgIpc) is 2.78. The second-order valence-corrected chi connectivity index (χ2v) is 4.25. The molecule has 1 fully saturated rings. The number of hydrogen-bond acceptors (Lipinski definition) is 2. The van der Waals surface area contributed by atoms with Gasteiger partial charge in [-0.05, 0) is 16.7 Å². The van der Waals surface area contributed by atoms with Crippen molar-refractivity contribution in [2.24, 2.45) is 5.11 Å². The fraction of sp³-hybridized carbons (Fsp3) is 0.400. The predicted octanol–water partition coefficient (Wildman–Crippen LogP) is 3.10. The van der Waals surface area contributed by atoms with Crippen LogP contribution in [0.25, 0.3) is 10.4 Å². The Morgan fingerprint density at radius 2 is 1.93 bits per heavy atom. The van der Waals surface area contributed by atoms with Gasteiger partial charge in [-0.1, -0.05) is 29.4 Å².